The Hall–Kier alpha value is -3.86. The number of benzene rings is 1. The van der Waals surface area contributed by atoms with Crippen molar-refractivity contribution >= 4 is 23.4 Å². The number of nitrogens with two attached hydrogens (primary N) is 1. The average molecular weight is 467 g/mol. The Morgan fingerprint density at radius 3 is 2.52 bits per heavy atom. The molecule has 4 rings (SSSR count). The van der Waals surface area contributed by atoms with Crippen LogP contribution in [0.4, 0.5) is 5.82 Å². The normalized spacial score (nSPS) is 11.1. The summed E-state index contributed by atoms with van der Waals surface area (Å²) < 4.78 is 9.35. The molecule has 0 aliphatic rings. The van der Waals surface area contributed by atoms with Gasteiger partial charge >= 0.3 is 5.69 Å². The summed E-state index contributed by atoms with van der Waals surface area (Å²) in [4.78, 5) is 38.5. The number of thioether (sulfide) groups is 1. The predicted octanol–water partition coefficient (Wildman–Crippen LogP) is 2.02. The third kappa shape index (κ3) is 4.27. The highest BCUT2D eigenvalue weighted by Gasteiger charge is 2.23. The van der Waals surface area contributed by atoms with E-state index in [1.165, 1.54) is 11.6 Å². The number of furan rings is 1. The Morgan fingerprint density at radius 2 is 1.85 bits per heavy atom. The van der Waals surface area contributed by atoms with Gasteiger partial charge in [0.1, 0.15) is 11.4 Å². The van der Waals surface area contributed by atoms with Gasteiger partial charge in [-0.1, -0.05) is 42.1 Å². The summed E-state index contributed by atoms with van der Waals surface area (Å²) in [6.45, 7) is 2.63. The average Bonchev–Trinajstić information content (AvgIpc) is 3.49. The molecule has 0 unspecified atom stereocenters. The van der Waals surface area contributed by atoms with E-state index in [0.717, 1.165) is 21.9 Å². The van der Waals surface area contributed by atoms with Crippen LogP contribution in [0.3, 0.4) is 0 Å². The Balaban J connectivity index is 1.63. The lowest BCUT2D eigenvalue weighted by atomic mass is 10.2. The first-order chi connectivity index (χ1) is 15.9. The molecule has 0 radical (unpaired) electrons. The lowest BCUT2D eigenvalue weighted by Crippen LogP contribution is -2.43. The molecule has 0 amide bonds. The van der Waals surface area contributed by atoms with Gasteiger partial charge < -0.3 is 10.2 Å². The third-order valence-corrected chi connectivity index (χ3v) is 6.12. The van der Waals surface area contributed by atoms with Crippen LogP contribution in [0, 0.1) is 0 Å². The quantitative estimate of drug-likeness (QED) is 0.308. The monoisotopic (exact) mass is 466 g/mol. The second kappa shape index (κ2) is 9.33. The van der Waals surface area contributed by atoms with Crippen LogP contribution in [-0.4, -0.2) is 35.4 Å². The van der Waals surface area contributed by atoms with E-state index in [2.05, 4.69) is 10.2 Å². The summed E-state index contributed by atoms with van der Waals surface area (Å²) in [6.07, 6.45) is 1.54. The molecule has 3 heterocycles. The third-order valence-electron chi connectivity index (χ3n) is 5.15. The van der Waals surface area contributed by atoms with Gasteiger partial charge in [-0.3, -0.25) is 23.3 Å². The van der Waals surface area contributed by atoms with Crippen molar-refractivity contribution in [3.63, 3.8) is 0 Å². The minimum absolute atomic E-state index is 0.0979. The van der Waals surface area contributed by atoms with E-state index < -0.39 is 17.0 Å². The number of ketones is 1. The van der Waals surface area contributed by atoms with Crippen molar-refractivity contribution in [1.82, 2.24) is 23.9 Å². The summed E-state index contributed by atoms with van der Waals surface area (Å²) in [5.74, 6) is 0.369. The number of anilines is 1. The van der Waals surface area contributed by atoms with Gasteiger partial charge in [-0.2, -0.15) is 0 Å². The molecule has 0 bridgehead atoms. The lowest BCUT2D eigenvalue weighted by Gasteiger charge is -2.14. The number of carbonyl (C=O) groups is 1. The number of nitrogen functional groups attached to an aromatic ring is 1. The SMILES string of the molecule is CCn1c(SCC(=O)c2c(N)n(Cc3ccccc3)c(=O)n(C)c2=O)nnc1-c1ccco1. The van der Waals surface area contributed by atoms with Crippen LogP contribution in [0.15, 0.2) is 67.9 Å². The molecule has 4 aromatic rings. The topological polar surface area (TPSA) is 131 Å². The fraction of sp³-hybridized carbons (Fsp3) is 0.227. The minimum Gasteiger partial charge on any atom is -0.461 e. The molecule has 2 N–H and O–H groups in total. The van der Waals surface area contributed by atoms with Crippen molar-refractivity contribution in [1.29, 1.82) is 0 Å². The highest BCUT2D eigenvalue weighted by Crippen LogP contribution is 2.25. The number of aromatic nitrogens is 5. The molecule has 0 aliphatic carbocycles. The van der Waals surface area contributed by atoms with Crippen molar-refractivity contribution in [3.8, 4) is 11.6 Å². The molecule has 0 aliphatic heterocycles. The van der Waals surface area contributed by atoms with E-state index in [1.54, 1.807) is 18.4 Å². The van der Waals surface area contributed by atoms with Crippen LogP contribution < -0.4 is 17.0 Å². The van der Waals surface area contributed by atoms with Gasteiger partial charge in [-0.25, -0.2) is 4.79 Å². The van der Waals surface area contributed by atoms with E-state index in [0.29, 0.717) is 23.3 Å². The maximum Gasteiger partial charge on any atom is 0.332 e. The Morgan fingerprint density at radius 1 is 1.09 bits per heavy atom. The van der Waals surface area contributed by atoms with Crippen LogP contribution in [0.5, 0.6) is 0 Å². The maximum atomic E-state index is 13.1. The first-order valence-electron chi connectivity index (χ1n) is 10.2. The Labute approximate surface area is 192 Å². The minimum atomic E-state index is -0.722. The zero-order chi connectivity index (χ0) is 23.5. The standard InChI is InChI=1S/C22H22N6O4S/c1-3-27-19(16-10-7-11-32-16)24-25-21(27)33-13-15(29)17-18(23)28(22(31)26(2)20(17)30)12-14-8-5-4-6-9-14/h4-11H,3,12-13,23H2,1-2H3. The van der Waals surface area contributed by atoms with E-state index in [1.807, 2.05) is 41.8 Å². The predicted molar refractivity (Wildman–Crippen MR) is 124 cm³/mol. The fourth-order valence-electron chi connectivity index (χ4n) is 3.43. The molecule has 0 spiro atoms. The second-order valence-corrected chi connectivity index (χ2v) is 8.16. The fourth-order valence-corrected chi connectivity index (χ4v) is 4.31. The van der Waals surface area contributed by atoms with Crippen molar-refractivity contribution in [2.45, 2.75) is 25.2 Å². The van der Waals surface area contributed by atoms with Gasteiger partial charge in [0.05, 0.1) is 18.6 Å². The molecule has 3 aromatic heterocycles. The number of Topliss-reactive ketones (excluding diaryl/α,β-unsaturated/α-hetero) is 1. The van der Waals surface area contributed by atoms with Crippen molar-refractivity contribution in [2.24, 2.45) is 7.05 Å². The largest absolute Gasteiger partial charge is 0.461 e. The molecule has 0 saturated heterocycles. The lowest BCUT2D eigenvalue weighted by molar-refractivity contribution is 0.102. The van der Waals surface area contributed by atoms with Gasteiger partial charge in [-0.15, -0.1) is 10.2 Å². The van der Waals surface area contributed by atoms with Crippen LogP contribution >= 0.6 is 11.8 Å². The highest BCUT2D eigenvalue weighted by atomic mass is 32.2. The van der Waals surface area contributed by atoms with Crippen LogP contribution in [0.2, 0.25) is 0 Å². The smallest absolute Gasteiger partial charge is 0.332 e. The van der Waals surface area contributed by atoms with E-state index >= 15 is 0 Å². The molecule has 0 atom stereocenters. The first kappa shape index (κ1) is 22.3. The Bertz CT molecular complexity index is 1400. The molecular weight excluding hydrogens is 444 g/mol. The molecule has 33 heavy (non-hydrogen) atoms. The summed E-state index contributed by atoms with van der Waals surface area (Å²) in [7, 11) is 1.33. The van der Waals surface area contributed by atoms with E-state index in [4.69, 9.17) is 10.2 Å². The summed E-state index contributed by atoms with van der Waals surface area (Å²) in [5, 5.41) is 8.81. The first-order valence-corrected chi connectivity index (χ1v) is 11.2. The molecule has 0 fully saturated rings. The maximum absolute atomic E-state index is 13.1. The summed E-state index contributed by atoms with van der Waals surface area (Å²) in [6, 6.07) is 12.7. The second-order valence-electron chi connectivity index (χ2n) is 7.22. The molecule has 0 saturated carbocycles. The molecular formula is C22H22N6O4S. The molecule has 10 nitrogen and oxygen atoms in total. The number of carbonyl (C=O) groups excluding carboxylic acids is 1. The van der Waals surface area contributed by atoms with Crippen molar-refractivity contribution < 1.29 is 9.21 Å². The Kier molecular flexibility index (Phi) is 6.31. The van der Waals surface area contributed by atoms with E-state index in [-0.39, 0.29) is 23.7 Å². The van der Waals surface area contributed by atoms with Gasteiger partial charge in [0.25, 0.3) is 5.56 Å². The molecule has 1 aromatic carbocycles. The van der Waals surface area contributed by atoms with Crippen LogP contribution in [0.25, 0.3) is 11.6 Å². The van der Waals surface area contributed by atoms with Gasteiger partial charge in [0, 0.05) is 13.6 Å². The van der Waals surface area contributed by atoms with Crippen LogP contribution in [-0.2, 0) is 20.1 Å². The number of nitrogens with zero attached hydrogens (tertiary/aromatic N) is 5. The summed E-state index contributed by atoms with van der Waals surface area (Å²) >= 11 is 1.14. The molecule has 170 valence electrons. The van der Waals surface area contributed by atoms with Crippen molar-refractivity contribution in [2.75, 3.05) is 11.5 Å². The number of hydrogen-bond donors (Lipinski definition) is 1. The van der Waals surface area contributed by atoms with Gasteiger partial charge in [-0.05, 0) is 24.6 Å². The summed E-state index contributed by atoms with van der Waals surface area (Å²) in [5.41, 5.74) is 5.47. The highest BCUT2D eigenvalue weighted by molar-refractivity contribution is 7.99. The molecule has 11 heteroatoms. The van der Waals surface area contributed by atoms with Gasteiger partial charge in [0.2, 0.25) is 0 Å². The number of rotatable bonds is 8. The van der Waals surface area contributed by atoms with E-state index in [9.17, 15) is 14.4 Å². The zero-order valence-electron chi connectivity index (χ0n) is 18.1. The zero-order valence-corrected chi connectivity index (χ0v) is 18.9. The number of hydrogen-bond acceptors (Lipinski definition) is 8. The van der Waals surface area contributed by atoms with Gasteiger partial charge in [0.15, 0.2) is 22.5 Å². The van der Waals surface area contributed by atoms with Crippen molar-refractivity contribution in [3.05, 3.63) is 80.7 Å². The van der Waals surface area contributed by atoms with Crippen LogP contribution in [0.1, 0.15) is 22.8 Å².